The van der Waals surface area contributed by atoms with Crippen molar-refractivity contribution in [3.63, 3.8) is 0 Å². The number of anilines is 1. The van der Waals surface area contributed by atoms with Gasteiger partial charge in [-0.15, -0.1) is 0 Å². The Morgan fingerprint density at radius 2 is 2.27 bits per heavy atom. The number of nitrogens with zero attached hydrogens (tertiary/aromatic N) is 1. The van der Waals surface area contributed by atoms with E-state index in [-0.39, 0.29) is 11.7 Å². The van der Waals surface area contributed by atoms with E-state index in [1.807, 2.05) is 24.3 Å². The molecule has 15 heavy (non-hydrogen) atoms. The number of aromatic nitrogens is 1. The van der Waals surface area contributed by atoms with Crippen LogP contribution in [0, 0.1) is 0 Å². The molecule has 1 heterocycles. The van der Waals surface area contributed by atoms with Gasteiger partial charge in [-0.1, -0.05) is 12.1 Å². The Hall–Kier alpha value is -1.55. The molecule has 2 rings (SSSR count). The molecule has 0 aliphatic heterocycles. The number of carbonyl (C=O) groups is 1. The summed E-state index contributed by atoms with van der Waals surface area (Å²) in [6.45, 7) is 0. The molecule has 1 aromatic carbocycles. The number of benzene rings is 1. The first-order valence-electron chi connectivity index (χ1n) is 4.55. The second-order valence-corrected chi connectivity index (χ2v) is 3.42. The smallest absolute Gasteiger partial charge is 0.234 e. The van der Waals surface area contributed by atoms with E-state index >= 15 is 0 Å². The molecule has 0 atom stereocenters. The van der Waals surface area contributed by atoms with Crippen LogP contribution in [-0.2, 0) is 4.79 Å². The minimum absolute atomic E-state index is 0.116. The zero-order valence-corrected chi connectivity index (χ0v) is 8.87. The minimum Gasteiger partial charge on any atom is -0.325 e. The number of pyridine rings is 1. The highest BCUT2D eigenvalue weighted by molar-refractivity contribution is 7.81. The lowest BCUT2D eigenvalue weighted by atomic mass is 10.1. The van der Waals surface area contributed by atoms with Crippen LogP contribution >= 0.6 is 12.6 Å². The summed E-state index contributed by atoms with van der Waals surface area (Å²) in [5.41, 5.74) is 0.777. The van der Waals surface area contributed by atoms with Gasteiger partial charge in [-0.05, 0) is 17.5 Å². The van der Waals surface area contributed by atoms with Gasteiger partial charge in [0.15, 0.2) is 0 Å². The molecular formula is C11H10N2OS. The van der Waals surface area contributed by atoms with Gasteiger partial charge >= 0.3 is 0 Å². The fourth-order valence-corrected chi connectivity index (χ4v) is 1.49. The third-order valence-corrected chi connectivity index (χ3v) is 2.39. The highest BCUT2D eigenvalue weighted by Crippen LogP contribution is 2.21. The summed E-state index contributed by atoms with van der Waals surface area (Å²) >= 11 is 3.91. The lowest BCUT2D eigenvalue weighted by Crippen LogP contribution is -2.12. The van der Waals surface area contributed by atoms with Crippen molar-refractivity contribution in [1.29, 1.82) is 0 Å². The number of fused-ring (bicyclic) bond motifs is 1. The average Bonchev–Trinajstić information content (AvgIpc) is 2.29. The van der Waals surface area contributed by atoms with Crippen LogP contribution in [0.15, 0.2) is 36.7 Å². The summed E-state index contributed by atoms with van der Waals surface area (Å²) in [5, 5.41) is 4.78. The molecule has 76 valence electrons. The topological polar surface area (TPSA) is 42.0 Å². The van der Waals surface area contributed by atoms with Crippen LogP contribution in [0.1, 0.15) is 0 Å². The van der Waals surface area contributed by atoms with Gasteiger partial charge in [0, 0.05) is 17.8 Å². The second-order valence-electron chi connectivity index (χ2n) is 3.11. The van der Waals surface area contributed by atoms with E-state index in [9.17, 15) is 4.79 Å². The summed E-state index contributed by atoms with van der Waals surface area (Å²) in [7, 11) is 0. The summed E-state index contributed by atoms with van der Waals surface area (Å²) in [5.74, 6) is 0.0612. The molecule has 0 unspecified atom stereocenters. The molecule has 0 radical (unpaired) electrons. The Labute approximate surface area is 92.9 Å². The summed E-state index contributed by atoms with van der Waals surface area (Å²) in [6.07, 6.45) is 3.47. The Morgan fingerprint density at radius 3 is 3.07 bits per heavy atom. The van der Waals surface area contributed by atoms with Crippen molar-refractivity contribution >= 4 is 35.0 Å². The lowest BCUT2D eigenvalue weighted by Gasteiger charge is -2.06. The Kier molecular flexibility index (Phi) is 2.87. The molecule has 0 saturated heterocycles. The Balaban J connectivity index is 2.46. The predicted octanol–water partition coefficient (Wildman–Crippen LogP) is 2.10. The van der Waals surface area contributed by atoms with E-state index < -0.39 is 0 Å². The molecule has 3 nitrogen and oxygen atoms in total. The van der Waals surface area contributed by atoms with Gasteiger partial charge in [-0.3, -0.25) is 9.78 Å². The van der Waals surface area contributed by atoms with E-state index in [4.69, 9.17) is 0 Å². The highest BCUT2D eigenvalue weighted by Gasteiger charge is 2.03. The maximum absolute atomic E-state index is 11.2. The highest BCUT2D eigenvalue weighted by atomic mass is 32.1. The number of hydrogen-bond acceptors (Lipinski definition) is 3. The molecule has 0 saturated carbocycles. The van der Waals surface area contributed by atoms with E-state index in [2.05, 4.69) is 22.9 Å². The molecule has 2 aromatic rings. The average molecular weight is 218 g/mol. The fraction of sp³-hybridized carbons (Fsp3) is 0.0909. The maximum Gasteiger partial charge on any atom is 0.234 e. The zero-order valence-electron chi connectivity index (χ0n) is 7.97. The lowest BCUT2D eigenvalue weighted by molar-refractivity contribution is -0.113. The first-order chi connectivity index (χ1) is 7.31. The van der Waals surface area contributed by atoms with Crippen LogP contribution in [0.4, 0.5) is 5.69 Å². The maximum atomic E-state index is 11.2. The number of rotatable bonds is 2. The number of nitrogens with one attached hydrogen (secondary N) is 1. The molecule has 1 aromatic heterocycles. The molecule has 4 heteroatoms. The fourth-order valence-electron chi connectivity index (χ4n) is 1.41. The first-order valence-corrected chi connectivity index (χ1v) is 5.18. The first kappa shape index (κ1) is 9.98. The third-order valence-electron chi connectivity index (χ3n) is 2.10. The molecule has 0 spiro atoms. The van der Waals surface area contributed by atoms with Crippen molar-refractivity contribution in [1.82, 2.24) is 4.98 Å². The van der Waals surface area contributed by atoms with E-state index in [0.29, 0.717) is 0 Å². The number of carbonyl (C=O) groups excluding carboxylic acids is 1. The molecule has 0 fully saturated rings. The van der Waals surface area contributed by atoms with Gasteiger partial charge in [0.2, 0.25) is 5.91 Å². The minimum atomic E-state index is -0.116. The third kappa shape index (κ3) is 2.10. The molecule has 1 amide bonds. The number of thiol groups is 1. The van der Waals surface area contributed by atoms with Gasteiger partial charge in [0.1, 0.15) is 0 Å². The van der Waals surface area contributed by atoms with Crippen molar-refractivity contribution in [3.8, 4) is 0 Å². The standard InChI is InChI=1S/C11H10N2OS/c14-11(7-15)13-10-3-1-2-8-4-5-12-6-9(8)10/h1-6,15H,7H2,(H,13,14). The molecular weight excluding hydrogens is 208 g/mol. The summed E-state index contributed by atoms with van der Waals surface area (Å²) in [6, 6.07) is 7.64. The van der Waals surface area contributed by atoms with Crippen LogP contribution in [0.2, 0.25) is 0 Å². The summed E-state index contributed by atoms with van der Waals surface area (Å²) < 4.78 is 0. The van der Waals surface area contributed by atoms with Crippen LogP contribution in [0.25, 0.3) is 10.8 Å². The van der Waals surface area contributed by atoms with E-state index in [0.717, 1.165) is 16.5 Å². The van der Waals surface area contributed by atoms with Crippen LogP contribution in [0.5, 0.6) is 0 Å². The second kappa shape index (κ2) is 4.31. The van der Waals surface area contributed by atoms with Crippen molar-refractivity contribution < 1.29 is 4.79 Å². The number of amides is 1. The molecule has 0 aliphatic rings. The van der Waals surface area contributed by atoms with Gasteiger partial charge in [0.05, 0.1) is 11.4 Å². The SMILES string of the molecule is O=C(CS)Nc1cccc2ccncc12. The molecule has 0 aliphatic carbocycles. The van der Waals surface area contributed by atoms with Crippen LogP contribution in [-0.4, -0.2) is 16.6 Å². The van der Waals surface area contributed by atoms with Crippen LogP contribution in [0.3, 0.4) is 0 Å². The van der Waals surface area contributed by atoms with Crippen LogP contribution < -0.4 is 5.32 Å². The largest absolute Gasteiger partial charge is 0.325 e. The van der Waals surface area contributed by atoms with Gasteiger partial charge in [-0.2, -0.15) is 12.6 Å². The van der Waals surface area contributed by atoms with Crippen molar-refractivity contribution in [2.45, 2.75) is 0 Å². The van der Waals surface area contributed by atoms with E-state index in [1.165, 1.54) is 0 Å². The zero-order chi connectivity index (χ0) is 10.7. The van der Waals surface area contributed by atoms with Crippen molar-refractivity contribution in [2.75, 3.05) is 11.1 Å². The molecule has 1 N–H and O–H groups in total. The van der Waals surface area contributed by atoms with E-state index in [1.54, 1.807) is 12.4 Å². The van der Waals surface area contributed by atoms with Gasteiger partial charge in [0.25, 0.3) is 0 Å². The predicted molar refractivity (Wildman–Crippen MR) is 64.2 cm³/mol. The molecule has 0 bridgehead atoms. The summed E-state index contributed by atoms with van der Waals surface area (Å²) in [4.78, 5) is 15.3. The quantitative estimate of drug-likeness (QED) is 0.758. The Morgan fingerprint density at radius 1 is 1.40 bits per heavy atom. The van der Waals surface area contributed by atoms with Gasteiger partial charge < -0.3 is 5.32 Å². The number of hydrogen-bond donors (Lipinski definition) is 2. The normalized spacial score (nSPS) is 10.2. The Bertz CT molecular complexity index is 493. The monoisotopic (exact) mass is 218 g/mol. The van der Waals surface area contributed by atoms with Crippen molar-refractivity contribution in [2.24, 2.45) is 0 Å². The van der Waals surface area contributed by atoms with Crippen molar-refractivity contribution in [3.05, 3.63) is 36.7 Å². The van der Waals surface area contributed by atoms with Gasteiger partial charge in [-0.25, -0.2) is 0 Å².